The van der Waals surface area contributed by atoms with Gasteiger partial charge in [-0.2, -0.15) is 0 Å². The Morgan fingerprint density at radius 2 is 1.45 bits per heavy atom. The molecule has 1 aromatic rings. The summed E-state index contributed by atoms with van der Waals surface area (Å²) in [6.07, 6.45) is 0. The lowest BCUT2D eigenvalue weighted by Crippen LogP contribution is -2.47. The molecule has 0 aliphatic heterocycles. The molecule has 0 aliphatic carbocycles. The molecule has 1 N–H and O–H groups in total. The lowest BCUT2D eigenvalue weighted by molar-refractivity contribution is -0.154. The Morgan fingerprint density at radius 1 is 0.950 bits per heavy atom. The summed E-state index contributed by atoms with van der Waals surface area (Å²) < 4.78 is 13.8. The molecular formula is C13H15NO6. The third kappa shape index (κ3) is 3.71. The first-order valence-electron chi connectivity index (χ1n) is 5.64. The van der Waals surface area contributed by atoms with Crippen molar-refractivity contribution in [3.8, 4) is 5.75 Å². The van der Waals surface area contributed by atoms with Crippen molar-refractivity contribution in [2.24, 2.45) is 0 Å². The van der Waals surface area contributed by atoms with Crippen LogP contribution < -0.4 is 10.1 Å². The zero-order valence-corrected chi connectivity index (χ0v) is 11.3. The van der Waals surface area contributed by atoms with Crippen LogP contribution in [0, 0.1) is 0 Å². The standard InChI is InChI=1S/C13H15NO6/c1-18-9-6-4-8(5-7-9)11(15)14-10(12(16)19-2)13(17)20-3/h4-7,10H,1-3H3,(H,14,15). The minimum atomic E-state index is -1.50. The Labute approximate surface area is 115 Å². The van der Waals surface area contributed by atoms with Gasteiger partial charge in [-0.1, -0.05) is 0 Å². The molecule has 7 heteroatoms. The Bertz CT molecular complexity index is 480. The van der Waals surface area contributed by atoms with E-state index in [4.69, 9.17) is 4.74 Å². The predicted octanol–water partition coefficient (Wildman–Crippen LogP) is 0.140. The predicted molar refractivity (Wildman–Crippen MR) is 68.3 cm³/mol. The van der Waals surface area contributed by atoms with Gasteiger partial charge in [-0.25, -0.2) is 9.59 Å². The number of carbonyl (C=O) groups excluding carboxylic acids is 3. The number of amides is 1. The summed E-state index contributed by atoms with van der Waals surface area (Å²) >= 11 is 0. The first kappa shape index (κ1) is 15.5. The molecule has 0 aromatic heterocycles. The van der Waals surface area contributed by atoms with Crippen molar-refractivity contribution in [2.75, 3.05) is 21.3 Å². The number of hydrogen-bond donors (Lipinski definition) is 1. The lowest BCUT2D eigenvalue weighted by atomic mass is 10.2. The fourth-order valence-electron chi connectivity index (χ4n) is 1.41. The third-order valence-electron chi connectivity index (χ3n) is 2.50. The summed E-state index contributed by atoms with van der Waals surface area (Å²) in [6.45, 7) is 0. The van der Waals surface area contributed by atoms with Crippen LogP contribution in [0.3, 0.4) is 0 Å². The first-order chi connectivity index (χ1) is 9.53. The van der Waals surface area contributed by atoms with Crippen LogP contribution in [-0.2, 0) is 19.1 Å². The van der Waals surface area contributed by atoms with Gasteiger partial charge in [-0.3, -0.25) is 4.79 Å². The maximum atomic E-state index is 11.9. The van der Waals surface area contributed by atoms with Gasteiger partial charge in [0, 0.05) is 5.56 Å². The van der Waals surface area contributed by atoms with Crippen molar-refractivity contribution in [3.63, 3.8) is 0 Å². The number of hydrogen-bond acceptors (Lipinski definition) is 6. The molecule has 0 saturated carbocycles. The van der Waals surface area contributed by atoms with E-state index in [-0.39, 0.29) is 5.56 Å². The number of nitrogens with one attached hydrogen (secondary N) is 1. The second-order valence-corrected chi connectivity index (χ2v) is 3.68. The number of esters is 2. The fraction of sp³-hybridized carbons (Fsp3) is 0.308. The van der Waals surface area contributed by atoms with E-state index in [1.54, 1.807) is 12.1 Å². The summed E-state index contributed by atoms with van der Waals surface area (Å²) in [5, 5.41) is 2.24. The van der Waals surface area contributed by atoms with Crippen LogP contribution >= 0.6 is 0 Å². The molecule has 0 aliphatic rings. The second kappa shape index (κ2) is 7.13. The van der Waals surface area contributed by atoms with Crippen molar-refractivity contribution < 1.29 is 28.6 Å². The first-order valence-corrected chi connectivity index (χ1v) is 5.64. The van der Waals surface area contributed by atoms with Crippen LogP contribution in [0.5, 0.6) is 5.75 Å². The van der Waals surface area contributed by atoms with Crippen molar-refractivity contribution >= 4 is 17.8 Å². The molecule has 0 heterocycles. The monoisotopic (exact) mass is 281 g/mol. The van der Waals surface area contributed by atoms with Crippen molar-refractivity contribution in [1.29, 1.82) is 0 Å². The largest absolute Gasteiger partial charge is 0.497 e. The summed E-state index contributed by atoms with van der Waals surface area (Å²) in [5.74, 6) is -1.83. The average Bonchev–Trinajstić information content (AvgIpc) is 2.50. The van der Waals surface area contributed by atoms with Crippen LogP contribution in [0.25, 0.3) is 0 Å². The van der Waals surface area contributed by atoms with Gasteiger partial charge in [0.25, 0.3) is 5.91 Å². The quantitative estimate of drug-likeness (QED) is 0.610. The normalized spacial score (nSPS) is 9.80. The van der Waals surface area contributed by atoms with E-state index in [1.807, 2.05) is 0 Å². The van der Waals surface area contributed by atoms with Gasteiger partial charge in [0.15, 0.2) is 0 Å². The van der Waals surface area contributed by atoms with E-state index in [2.05, 4.69) is 14.8 Å². The molecular weight excluding hydrogens is 266 g/mol. The molecule has 108 valence electrons. The fourth-order valence-corrected chi connectivity index (χ4v) is 1.41. The van der Waals surface area contributed by atoms with Crippen molar-refractivity contribution in [1.82, 2.24) is 5.32 Å². The highest BCUT2D eigenvalue weighted by Gasteiger charge is 2.30. The third-order valence-corrected chi connectivity index (χ3v) is 2.50. The number of methoxy groups -OCH3 is 3. The molecule has 1 amide bonds. The average molecular weight is 281 g/mol. The van der Waals surface area contributed by atoms with Crippen LogP contribution in [-0.4, -0.2) is 45.2 Å². The van der Waals surface area contributed by atoms with Crippen LogP contribution in [0.15, 0.2) is 24.3 Å². The van der Waals surface area contributed by atoms with E-state index in [0.717, 1.165) is 14.2 Å². The molecule has 0 unspecified atom stereocenters. The van der Waals surface area contributed by atoms with Gasteiger partial charge in [0.1, 0.15) is 5.75 Å². The van der Waals surface area contributed by atoms with Crippen LogP contribution in [0.2, 0.25) is 0 Å². The van der Waals surface area contributed by atoms with Gasteiger partial charge >= 0.3 is 11.9 Å². The molecule has 0 atom stereocenters. The summed E-state index contributed by atoms with van der Waals surface area (Å²) in [4.78, 5) is 34.8. The summed E-state index contributed by atoms with van der Waals surface area (Å²) in [6, 6.07) is 4.67. The molecule has 0 spiro atoms. The topological polar surface area (TPSA) is 90.9 Å². The zero-order chi connectivity index (χ0) is 15.1. The van der Waals surface area contributed by atoms with Crippen LogP contribution in [0.1, 0.15) is 10.4 Å². The van der Waals surface area contributed by atoms with Gasteiger partial charge in [-0.05, 0) is 24.3 Å². The maximum Gasteiger partial charge on any atom is 0.340 e. The minimum Gasteiger partial charge on any atom is -0.497 e. The number of ether oxygens (including phenoxy) is 3. The van der Waals surface area contributed by atoms with E-state index >= 15 is 0 Å². The van der Waals surface area contributed by atoms with Gasteiger partial charge < -0.3 is 19.5 Å². The smallest absolute Gasteiger partial charge is 0.340 e. The molecule has 20 heavy (non-hydrogen) atoms. The Kier molecular flexibility index (Phi) is 5.52. The zero-order valence-electron chi connectivity index (χ0n) is 11.3. The molecule has 1 rings (SSSR count). The van der Waals surface area contributed by atoms with Gasteiger partial charge in [-0.15, -0.1) is 0 Å². The second-order valence-electron chi connectivity index (χ2n) is 3.68. The highest BCUT2D eigenvalue weighted by atomic mass is 16.5. The summed E-state index contributed by atoms with van der Waals surface area (Å²) in [7, 11) is 3.72. The van der Waals surface area contributed by atoms with E-state index in [1.165, 1.54) is 19.2 Å². The minimum absolute atomic E-state index is 0.267. The SMILES string of the molecule is COC(=O)C(NC(=O)c1ccc(OC)cc1)C(=O)OC. The van der Waals surface area contributed by atoms with E-state index in [0.29, 0.717) is 5.75 Å². The Hall–Kier alpha value is -2.57. The molecule has 0 saturated heterocycles. The van der Waals surface area contributed by atoms with Crippen molar-refractivity contribution in [2.45, 2.75) is 6.04 Å². The Morgan fingerprint density at radius 3 is 1.85 bits per heavy atom. The van der Waals surface area contributed by atoms with Crippen LogP contribution in [0.4, 0.5) is 0 Å². The summed E-state index contributed by atoms with van der Waals surface area (Å²) in [5.41, 5.74) is 0.267. The Balaban J connectivity index is 2.84. The highest BCUT2D eigenvalue weighted by Crippen LogP contribution is 2.11. The molecule has 0 fully saturated rings. The number of rotatable bonds is 5. The molecule has 0 bridgehead atoms. The number of benzene rings is 1. The number of carbonyl (C=O) groups is 3. The maximum absolute atomic E-state index is 11.9. The lowest BCUT2D eigenvalue weighted by Gasteiger charge is -2.14. The highest BCUT2D eigenvalue weighted by molar-refractivity contribution is 6.05. The van der Waals surface area contributed by atoms with E-state index < -0.39 is 23.9 Å². The van der Waals surface area contributed by atoms with E-state index in [9.17, 15) is 14.4 Å². The molecule has 7 nitrogen and oxygen atoms in total. The molecule has 1 aromatic carbocycles. The van der Waals surface area contributed by atoms with Gasteiger partial charge in [0.2, 0.25) is 6.04 Å². The van der Waals surface area contributed by atoms with Gasteiger partial charge in [0.05, 0.1) is 21.3 Å². The molecule has 0 radical (unpaired) electrons. The van der Waals surface area contributed by atoms with Crippen molar-refractivity contribution in [3.05, 3.63) is 29.8 Å².